The summed E-state index contributed by atoms with van der Waals surface area (Å²) in [6, 6.07) is 0. The fraction of sp³-hybridized carbons (Fsp3) is 0. The van der Waals surface area contributed by atoms with Crippen molar-refractivity contribution in [1.29, 1.82) is 0 Å². The molecule has 0 bridgehead atoms. The first kappa shape index (κ1) is 15.7. The molecular formula is CHCaClO4. The molecule has 0 heterocycles. The average molecular weight is 153 g/mol. The largest absolute Gasteiger partial charge is 2.00 e. The maximum absolute atomic E-state index is 8.44. The van der Waals surface area contributed by atoms with Crippen LogP contribution in [0.3, 0.4) is 0 Å². The van der Waals surface area contributed by atoms with Gasteiger partial charge in [-0.05, 0) is 0 Å². The van der Waals surface area contributed by atoms with Crippen LogP contribution in [0, 0.1) is 0 Å². The number of carboxylic acid groups (broad SMARTS) is 2. The molecule has 7 heavy (non-hydrogen) atoms. The Bertz CT molecular complexity index is 34.7. The van der Waals surface area contributed by atoms with Crippen LogP contribution in [-0.4, -0.2) is 49.0 Å². The molecule has 6 heteroatoms. The van der Waals surface area contributed by atoms with Crippen LogP contribution < -0.4 is 9.77 Å². The first-order chi connectivity index (χ1) is 2.73. The Balaban J connectivity index is -0.0000000480. The van der Waals surface area contributed by atoms with Crippen LogP contribution in [0.15, 0.2) is 0 Å². The molecule has 0 aliphatic carbocycles. The molecule has 38 valence electrons. The second-order valence-corrected chi connectivity index (χ2v) is 0.266. The van der Waals surface area contributed by atoms with Crippen LogP contribution >= 0.6 is 11.9 Å². The Morgan fingerprint density at radius 1 is 1.57 bits per heavy atom. The summed E-state index contributed by atoms with van der Waals surface area (Å²) in [5, 5.41) is 15.3. The van der Waals surface area contributed by atoms with Crippen molar-refractivity contribution in [3.05, 3.63) is 0 Å². The van der Waals surface area contributed by atoms with Gasteiger partial charge in [-0.2, -0.15) is 0 Å². The minimum atomic E-state index is -2.08. The Kier molecular flexibility index (Phi) is 35.4. The fourth-order valence-electron chi connectivity index (χ4n) is 0. The van der Waals surface area contributed by atoms with Crippen molar-refractivity contribution in [2.45, 2.75) is 0 Å². The van der Waals surface area contributed by atoms with Crippen LogP contribution in [-0.2, 0) is 0 Å². The van der Waals surface area contributed by atoms with E-state index in [-0.39, 0.29) is 37.7 Å². The van der Waals surface area contributed by atoms with E-state index in [9.17, 15) is 0 Å². The van der Waals surface area contributed by atoms with Gasteiger partial charge in [0.15, 0.2) is 0 Å². The normalized spacial score (nSPS) is 4.29. The molecule has 0 aliphatic heterocycles. The van der Waals surface area contributed by atoms with Crippen molar-refractivity contribution < 1.29 is 19.7 Å². The number of rotatable bonds is 0. The van der Waals surface area contributed by atoms with Crippen molar-refractivity contribution in [1.82, 2.24) is 0 Å². The molecular weight excluding hydrogens is 152 g/mol. The van der Waals surface area contributed by atoms with Crippen LogP contribution in [0.1, 0.15) is 0 Å². The summed E-state index contributed by atoms with van der Waals surface area (Å²) in [5.41, 5.74) is 0. The number of hydrogen-bond acceptors (Lipinski definition) is 3. The molecule has 0 spiro atoms. The molecule has 0 amide bonds. The summed E-state index contributed by atoms with van der Waals surface area (Å²) in [5.74, 6) is 0. The van der Waals surface area contributed by atoms with Gasteiger partial charge in [0.2, 0.25) is 6.16 Å². The topological polar surface area (TPSA) is 83.4 Å². The third kappa shape index (κ3) is 255. The van der Waals surface area contributed by atoms with Gasteiger partial charge in [-0.1, -0.05) is 0 Å². The van der Waals surface area contributed by atoms with E-state index in [0.29, 0.717) is 0 Å². The van der Waals surface area contributed by atoms with E-state index in [2.05, 4.69) is 11.9 Å². The second kappa shape index (κ2) is 15.9. The van der Waals surface area contributed by atoms with Gasteiger partial charge < -0.3 is 19.7 Å². The predicted molar refractivity (Wildman–Crippen MR) is 19.6 cm³/mol. The third-order valence-corrected chi connectivity index (χ3v) is 0. The predicted octanol–water partition coefficient (Wildman–Crippen LogP) is -1.99. The maximum Gasteiger partial charge on any atom is 2.00 e. The minimum absolute atomic E-state index is 0. The summed E-state index contributed by atoms with van der Waals surface area (Å²) in [6.45, 7) is 0. The zero-order chi connectivity index (χ0) is 5.58. The number of hydrogen-bond donors (Lipinski definition) is 1. The van der Waals surface area contributed by atoms with Gasteiger partial charge in [0.25, 0.3) is 0 Å². The van der Waals surface area contributed by atoms with Crippen molar-refractivity contribution >= 4 is 55.8 Å². The first-order valence-electron chi connectivity index (χ1n) is 0.786. The Morgan fingerprint density at radius 3 is 1.57 bits per heavy atom. The summed E-state index contributed by atoms with van der Waals surface area (Å²) in [6.07, 6.45) is -2.08. The second-order valence-electron chi connectivity index (χ2n) is 0.266. The summed E-state index contributed by atoms with van der Waals surface area (Å²) in [7, 11) is 0. The van der Waals surface area contributed by atoms with E-state index in [4.69, 9.17) is 19.7 Å². The van der Waals surface area contributed by atoms with E-state index < -0.39 is 6.16 Å². The van der Waals surface area contributed by atoms with Crippen molar-refractivity contribution in [2.24, 2.45) is 0 Å². The standard InChI is InChI=1S/CH2O3.Ca.ClO/c2-1(3)4;;1-2/h(H2,2,3,4);;/q;+2;-1/p-1. The molecule has 0 aliphatic rings. The molecule has 0 unspecified atom stereocenters. The van der Waals surface area contributed by atoms with Gasteiger partial charge in [-0.3, -0.25) is 0 Å². The molecule has 0 radical (unpaired) electrons. The number of carbonyl (C=O) groups is 1. The van der Waals surface area contributed by atoms with E-state index in [1.165, 1.54) is 0 Å². The van der Waals surface area contributed by atoms with Crippen molar-refractivity contribution in [3.8, 4) is 0 Å². The molecule has 0 saturated heterocycles. The van der Waals surface area contributed by atoms with Gasteiger partial charge >= 0.3 is 37.7 Å². The molecule has 0 aromatic heterocycles. The molecule has 4 nitrogen and oxygen atoms in total. The van der Waals surface area contributed by atoms with Crippen LogP contribution in [0.25, 0.3) is 0 Å². The first-order valence-corrected chi connectivity index (χ1v) is 1.09. The zero-order valence-corrected chi connectivity index (χ0v) is 6.22. The van der Waals surface area contributed by atoms with E-state index in [1.807, 2.05) is 0 Å². The molecule has 0 aromatic carbocycles. The van der Waals surface area contributed by atoms with Crippen LogP contribution in [0.2, 0.25) is 0 Å². The SMILES string of the molecule is O=C([O-])O.[Ca+2].[O-]Cl. The van der Waals surface area contributed by atoms with Gasteiger partial charge in [0.05, 0.1) is 0 Å². The van der Waals surface area contributed by atoms with E-state index in [0.717, 1.165) is 0 Å². The quantitative estimate of drug-likeness (QED) is 0.407. The van der Waals surface area contributed by atoms with E-state index >= 15 is 0 Å². The molecule has 0 atom stereocenters. The zero-order valence-electron chi connectivity index (χ0n) is 3.26. The van der Waals surface area contributed by atoms with Gasteiger partial charge in [0, 0.05) is 0 Å². The Labute approximate surface area is 74.9 Å². The summed E-state index contributed by atoms with van der Waals surface area (Å²) in [4.78, 5) is 8.44. The Morgan fingerprint density at radius 2 is 1.57 bits per heavy atom. The average Bonchev–Trinajstić information content (AvgIpc) is 1.41. The monoisotopic (exact) mass is 152 g/mol. The molecule has 0 rings (SSSR count). The van der Waals surface area contributed by atoms with Gasteiger partial charge in [-0.15, -0.1) is 0 Å². The van der Waals surface area contributed by atoms with Crippen LogP contribution in [0.5, 0.6) is 0 Å². The Hall–Kier alpha value is 0.780. The number of halogens is 1. The third-order valence-electron chi connectivity index (χ3n) is 0. The van der Waals surface area contributed by atoms with Crippen LogP contribution in [0.4, 0.5) is 4.79 Å². The van der Waals surface area contributed by atoms with Crippen molar-refractivity contribution in [3.63, 3.8) is 0 Å². The minimum Gasteiger partial charge on any atom is -0.769 e. The molecule has 0 fully saturated rings. The van der Waals surface area contributed by atoms with E-state index in [1.54, 1.807) is 0 Å². The molecule has 0 aromatic rings. The molecule has 1 N–H and O–H groups in total. The smallest absolute Gasteiger partial charge is 0.769 e. The summed E-state index contributed by atoms with van der Waals surface area (Å²) >= 11 is 3.39. The van der Waals surface area contributed by atoms with Gasteiger partial charge in [-0.25, -0.2) is 11.9 Å². The molecule has 0 saturated carbocycles. The van der Waals surface area contributed by atoms with Gasteiger partial charge in [0.1, 0.15) is 0 Å². The maximum atomic E-state index is 8.44. The fourth-order valence-corrected chi connectivity index (χ4v) is 0. The summed E-state index contributed by atoms with van der Waals surface area (Å²) < 4.78 is 7.72. The van der Waals surface area contributed by atoms with Crippen molar-refractivity contribution in [2.75, 3.05) is 0 Å².